The lowest BCUT2D eigenvalue weighted by molar-refractivity contribution is 0.275. The Hall–Kier alpha value is -0.870. The summed E-state index contributed by atoms with van der Waals surface area (Å²) in [5.41, 5.74) is 2.40. The number of unbranched alkanes of at least 4 members (excludes halogenated alkanes) is 1. The second-order valence-corrected chi connectivity index (χ2v) is 5.70. The van der Waals surface area contributed by atoms with Crippen LogP contribution in [0.25, 0.3) is 10.9 Å². The fraction of sp³-hybridized carbons (Fsp3) is 0.533. The standard InChI is InChI=1S/C15H22BrN3/c1-3-4-10-19(11-9-16)12-14-13-7-5-6-8-15(13)18(2)17-14/h5-8H,3-4,9-12H2,1-2H3. The summed E-state index contributed by atoms with van der Waals surface area (Å²) in [5.74, 6) is 0. The molecule has 4 heteroatoms. The van der Waals surface area contributed by atoms with Gasteiger partial charge in [0.2, 0.25) is 0 Å². The lowest BCUT2D eigenvalue weighted by atomic mass is 10.2. The Kier molecular flexibility index (Phi) is 5.40. The minimum Gasteiger partial charge on any atom is -0.297 e. The lowest BCUT2D eigenvalue weighted by Gasteiger charge is -2.19. The second-order valence-electron chi connectivity index (χ2n) is 4.91. The Labute approximate surface area is 123 Å². The van der Waals surface area contributed by atoms with Crippen molar-refractivity contribution >= 4 is 26.8 Å². The Morgan fingerprint density at radius 2 is 2.05 bits per heavy atom. The van der Waals surface area contributed by atoms with Crippen molar-refractivity contribution in [2.45, 2.75) is 26.3 Å². The third kappa shape index (κ3) is 3.57. The van der Waals surface area contributed by atoms with E-state index in [1.165, 1.54) is 29.4 Å². The molecule has 3 nitrogen and oxygen atoms in total. The number of benzene rings is 1. The average molecular weight is 324 g/mol. The van der Waals surface area contributed by atoms with Gasteiger partial charge in [0.05, 0.1) is 11.2 Å². The van der Waals surface area contributed by atoms with Crippen LogP contribution >= 0.6 is 15.9 Å². The normalized spacial score (nSPS) is 11.6. The minimum absolute atomic E-state index is 0.937. The summed E-state index contributed by atoms with van der Waals surface area (Å²) in [6, 6.07) is 8.46. The highest BCUT2D eigenvalue weighted by Crippen LogP contribution is 2.19. The molecule has 1 aromatic carbocycles. The van der Waals surface area contributed by atoms with E-state index in [-0.39, 0.29) is 0 Å². The van der Waals surface area contributed by atoms with Gasteiger partial charge in [-0.15, -0.1) is 0 Å². The zero-order chi connectivity index (χ0) is 13.7. The van der Waals surface area contributed by atoms with E-state index >= 15 is 0 Å². The van der Waals surface area contributed by atoms with Crippen molar-refractivity contribution in [1.29, 1.82) is 0 Å². The van der Waals surface area contributed by atoms with Gasteiger partial charge in [-0.1, -0.05) is 47.5 Å². The molecule has 0 amide bonds. The first-order chi connectivity index (χ1) is 9.26. The molecular formula is C15H22BrN3. The number of halogens is 1. The number of para-hydroxylation sites is 1. The molecule has 104 valence electrons. The average Bonchev–Trinajstić information content (AvgIpc) is 2.74. The number of nitrogens with zero attached hydrogens (tertiary/aromatic N) is 3. The van der Waals surface area contributed by atoms with Crippen LogP contribution in [0.4, 0.5) is 0 Å². The molecule has 0 aliphatic heterocycles. The Balaban J connectivity index is 2.18. The number of alkyl halides is 1. The molecule has 0 spiro atoms. The van der Waals surface area contributed by atoms with Crippen LogP contribution in [0, 0.1) is 0 Å². The molecule has 0 unspecified atom stereocenters. The van der Waals surface area contributed by atoms with Gasteiger partial charge in [-0.05, 0) is 19.0 Å². The Bertz CT molecular complexity index is 521. The molecule has 0 N–H and O–H groups in total. The summed E-state index contributed by atoms with van der Waals surface area (Å²) in [6.07, 6.45) is 2.49. The molecular weight excluding hydrogens is 302 g/mol. The first-order valence-corrected chi connectivity index (χ1v) is 8.07. The van der Waals surface area contributed by atoms with E-state index in [2.05, 4.69) is 57.1 Å². The number of hydrogen-bond acceptors (Lipinski definition) is 2. The zero-order valence-corrected chi connectivity index (χ0v) is 13.4. The molecule has 0 saturated heterocycles. The highest BCUT2D eigenvalue weighted by molar-refractivity contribution is 9.09. The van der Waals surface area contributed by atoms with Crippen LogP contribution in [-0.4, -0.2) is 33.1 Å². The van der Waals surface area contributed by atoms with Crippen LogP contribution in [0.1, 0.15) is 25.5 Å². The molecule has 0 saturated carbocycles. The maximum Gasteiger partial charge on any atom is 0.0843 e. The van der Waals surface area contributed by atoms with E-state index in [4.69, 9.17) is 0 Å². The Morgan fingerprint density at radius 1 is 1.26 bits per heavy atom. The number of hydrogen-bond donors (Lipinski definition) is 0. The monoisotopic (exact) mass is 323 g/mol. The number of fused-ring (bicyclic) bond motifs is 1. The summed E-state index contributed by atoms with van der Waals surface area (Å²) in [7, 11) is 2.02. The van der Waals surface area contributed by atoms with E-state index in [0.717, 1.165) is 25.0 Å². The predicted octanol–water partition coefficient (Wildman–Crippen LogP) is 3.57. The first-order valence-electron chi connectivity index (χ1n) is 6.95. The van der Waals surface area contributed by atoms with Crippen LogP contribution in [0.2, 0.25) is 0 Å². The number of rotatable bonds is 7. The summed E-state index contributed by atoms with van der Waals surface area (Å²) in [6.45, 7) is 5.40. The summed E-state index contributed by atoms with van der Waals surface area (Å²) >= 11 is 3.54. The van der Waals surface area contributed by atoms with Gasteiger partial charge in [0.15, 0.2) is 0 Å². The maximum atomic E-state index is 4.68. The van der Waals surface area contributed by atoms with Gasteiger partial charge in [0, 0.05) is 30.9 Å². The smallest absolute Gasteiger partial charge is 0.0843 e. The quantitative estimate of drug-likeness (QED) is 0.726. The van der Waals surface area contributed by atoms with Crippen LogP contribution in [0.15, 0.2) is 24.3 Å². The van der Waals surface area contributed by atoms with Crippen LogP contribution < -0.4 is 0 Å². The highest BCUT2D eigenvalue weighted by Gasteiger charge is 2.11. The van der Waals surface area contributed by atoms with E-state index in [1.54, 1.807) is 0 Å². The van der Waals surface area contributed by atoms with Crippen molar-refractivity contribution < 1.29 is 0 Å². The van der Waals surface area contributed by atoms with Gasteiger partial charge in [0.25, 0.3) is 0 Å². The van der Waals surface area contributed by atoms with Gasteiger partial charge in [-0.3, -0.25) is 9.58 Å². The van der Waals surface area contributed by atoms with Gasteiger partial charge in [-0.2, -0.15) is 5.10 Å². The van der Waals surface area contributed by atoms with E-state index in [0.29, 0.717) is 0 Å². The van der Waals surface area contributed by atoms with Crippen LogP contribution in [-0.2, 0) is 13.6 Å². The number of aromatic nitrogens is 2. The van der Waals surface area contributed by atoms with Crippen molar-refractivity contribution in [2.24, 2.45) is 7.05 Å². The van der Waals surface area contributed by atoms with E-state index in [9.17, 15) is 0 Å². The second kappa shape index (κ2) is 7.06. The molecule has 1 heterocycles. The maximum absolute atomic E-state index is 4.68. The topological polar surface area (TPSA) is 21.1 Å². The van der Waals surface area contributed by atoms with Crippen molar-refractivity contribution in [3.05, 3.63) is 30.0 Å². The van der Waals surface area contributed by atoms with Gasteiger partial charge < -0.3 is 0 Å². The number of aryl methyl sites for hydroxylation is 1. The summed E-state index contributed by atoms with van der Waals surface area (Å²) in [4.78, 5) is 2.48. The SMILES string of the molecule is CCCCN(CCBr)Cc1nn(C)c2ccccc12. The first kappa shape index (κ1) is 14.5. The third-order valence-electron chi connectivity index (χ3n) is 3.44. The van der Waals surface area contributed by atoms with Gasteiger partial charge in [0.1, 0.15) is 0 Å². The largest absolute Gasteiger partial charge is 0.297 e. The third-order valence-corrected chi connectivity index (χ3v) is 3.79. The molecule has 0 bridgehead atoms. The molecule has 0 aliphatic carbocycles. The van der Waals surface area contributed by atoms with Gasteiger partial charge in [-0.25, -0.2) is 0 Å². The minimum atomic E-state index is 0.937. The fourth-order valence-electron chi connectivity index (χ4n) is 2.39. The molecule has 0 fully saturated rings. The van der Waals surface area contributed by atoms with Crippen molar-refractivity contribution in [2.75, 3.05) is 18.4 Å². The molecule has 0 atom stereocenters. The molecule has 0 radical (unpaired) electrons. The molecule has 2 rings (SSSR count). The van der Waals surface area contributed by atoms with Crippen molar-refractivity contribution in [3.63, 3.8) is 0 Å². The molecule has 0 aliphatic rings. The molecule has 19 heavy (non-hydrogen) atoms. The Morgan fingerprint density at radius 3 is 2.79 bits per heavy atom. The van der Waals surface area contributed by atoms with Crippen molar-refractivity contribution in [3.8, 4) is 0 Å². The summed E-state index contributed by atoms with van der Waals surface area (Å²) < 4.78 is 1.98. The predicted molar refractivity (Wildman–Crippen MR) is 84.7 cm³/mol. The van der Waals surface area contributed by atoms with Crippen LogP contribution in [0.3, 0.4) is 0 Å². The highest BCUT2D eigenvalue weighted by atomic mass is 79.9. The fourth-order valence-corrected chi connectivity index (χ4v) is 2.89. The molecule has 2 aromatic rings. The van der Waals surface area contributed by atoms with E-state index in [1.807, 2.05) is 11.7 Å². The lowest BCUT2D eigenvalue weighted by Crippen LogP contribution is -2.26. The van der Waals surface area contributed by atoms with Gasteiger partial charge >= 0.3 is 0 Å². The van der Waals surface area contributed by atoms with E-state index < -0.39 is 0 Å². The van der Waals surface area contributed by atoms with Crippen LogP contribution in [0.5, 0.6) is 0 Å². The van der Waals surface area contributed by atoms with Crippen molar-refractivity contribution in [1.82, 2.24) is 14.7 Å². The molecule has 1 aromatic heterocycles. The zero-order valence-electron chi connectivity index (χ0n) is 11.8. The summed E-state index contributed by atoms with van der Waals surface area (Å²) in [5, 5.41) is 6.97.